The minimum absolute atomic E-state index is 0.124. The van der Waals surface area contributed by atoms with Crippen molar-refractivity contribution in [2.75, 3.05) is 10.6 Å². The molecule has 2 fully saturated rings. The number of fused-ring (bicyclic) bond motifs is 1. The number of nitrogens with one attached hydrogen (secondary N) is 4. The number of rotatable bonds is 6. The van der Waals surface area contributed by atoms with Gasteiger partial charge in [-0.05, 0) is 43.2 Å². The number of urea groups is 1. The number of carbonyl (C=O) groups is 3. The third-order valence-electron chi connectivity index (χ3n) is 4.89. The standard InChI is InChI=1S/C20H18N8O3/c21-17(29)10-1-3-12(4-2-10)23-15-8-16(24-13-5-6-13)28-18(26-15)11(9-22-28)7-14-19(30)27-20(31)25-14/h1-4,7-9,13,24H,5-6H2,(H2,21,29)(H,23,26)(H2,25,27,30,31)/b14-7-. The van der Waals surface area contributed by atoms with Gasteiger partial charge >= 0.3 is 6.03 Å². The van der Waals surface area contributed by atoms with E-state index < -0.39 is 17.8 Å². The van der Waals surface area contributed by atoms with Crippen LogP contribution in [-0.4, -0.2) is 38.5 Å². The minimum atomic E-state index is -0.571. The van der Waals surface area contributed by atoms with Gasteiger partial charge in [-0.3, -0.25) is 14.9 Å². The molecule has 3 heterocycles. The average Bonchev–Trinajstić information content (AvgIpc) is 3.37. The van der Waals surface area contributed by atoms with Crippen LogP contribution in [-0.2, 0) is 4.79 Å². The monoisotopic (exact) mass is 418 g/mol. The Bertz CT molecular complexity index is 1260. The smallest absolute Gasteiger partial charge is 0.326 e. The molecule has 0 unspecified atom stereocenters. The first-order valence-electron chi connectivity index (χ1n) is 9.62. The predicted octanol–water partition coefficient (Wildman–Crippen LogP) is 1.33. The molecule has 11 heteroatoms. The summed E-state index contributed by atoms with van der Waals surface area (Å²) in [7, 11) is 0. The fourth-order valence-corrected chi connectivity index (χ4v) is 3.19. The molecule has 1 saturated carbocycles. The van der Waals surface area contributed by atoms with Crippen molar-refractivity contribution in [3.05, 3.63) is 53.4 Å². The Hall–Kier alpha value is -4.41. The van der Waals surface area contributed by atoms with Gasteiger partial charge in [0.2, 0.25) is 5.91 Å². The van der Waals surface area contributed by atoms with Crippen LogP contribution >= 0.6 is 0 Å². The Morgan fingerprint density at radius 2 is 1.97 bits per heavy atom. The number of carbonyl (C=O) groups excluding carboxylic acids is 3. The van der Waals surface area contributed by atoms with E-state index >= 15 is 0 Å². The van der Waals surface area contributed by atoms with Gasteiger partial charge in [-0.15, -0.1) is 0 Å². The molecule has 2 aliphatic rings. The maximum Gasteiger partial charge on any atom is 0.326 e. The molecule has 0 radical (unpaired) electrons. The van der Waals surface area contributed by atoms with Crippen LogP contribution in [0.25, 0.3) is 11.7 Å². The Balaban J connectivity index is 1.53. The summed E-state index contributed by atoms with van der Waals surface area (Å²) in [4.78, 5) is 39.2. The molecule has 0 bridgehead atoms. The van der Waals surface area contributed by atoms with E-state index in [4.69, 9.17) is 5.73 Å². The van der Waals surface area contributed by atoms with Gasteiger partial charge in [0, 0.05) is 28.9 Å². The third kappa shape index (κ3) is 3.75. The number of primary amides is 1. The van der Waals surface area contributed by atoms with Crippen LogP contribution < -0.4 is 27.0 Å². The number of benzene rings is 1. The van der Waals surface area contributed by atoms with Crippen LogP contribution in [0.5, 0.6) is 0 Å². The lowest BCUT2D eigenvalue weighted by molar-refractivity contribution is -0.115. The molecule has 0 atom stereocenters. The van der Waals surface area contributed by atoms with Gasteiger partial charge in [-0.2, -0.15) is 9.61 Å². The number of imide groups is 1. The van der Waals surface area contributed by atoms with Gasteiger partial charge in [0.25, 0.3) is 5.91 Å². The van der Waals surface area contributed by atoms with Gasteiger partial charge < -0.3 is 21.7 Å². The number of amides is 4. The largest absolute Gasteiger partial charge is 0.367 e. The summed E-state index contributed by atoms with van der Waals surface area (Å²) in [5.74, 6) is 0.280. The zero-order chi connectivity index (χ0) is 21.5. The number of aromatic nitrogens is 3. The van der Waals surface area contributed by atoms with E-state index in [0.29, 0.717) is 28.6 Å². The molecule has 4 amide bonds. The summed E-state index contributed by atoms with van der Waals surface area (Å²) in [5, 5.41) is 15.6. The van der Waals surface area contributed by atoms with Crippen LogP contribution in [0.1, 0.15) is 28.8 Å². The summed E-state index contributed by atoms with van der Waals surface area (Å²) in [6.45, 7) is 0. The molecule has 6 N–H and O–H groups in total. The minimum Gasteiger partial charge on any atom is -0.367 e. The Kier molecular flexibility index (Phi) is 4.28. The van der Waals surface area contributed by atoms with Crippen LogP contribution in [0.2, 0.25) is 0 Å². The third-order valence-corrected chi connectivity index (χ3v) is 4.89. The molecular formula is C20H18N8O3. The van der Waals surface area contributed by atoms with Crippen molar-refractivity contribution in [1.29, 1.82) is 0 Å². The Morgan fingerprint density at radius 1 is 1.19 bits per heavy atom. The summed E-state index contributed by atoms with van der Waals surface area (Å²) in [5.41, 5.74) is 7.62. The fraction of sp³-hybridized carbons (Fsp3) is 0.150. The van der Waals surface area contributed by atoms with Crippen LogP contribution in [0.3, 0.4) is 0 Å². The SMILES string of the molecule is NC(=O)c1ccc(Nc2cc(NC3CC3)n3ncc(/C=C4\NC(=O)NC4=O)c3n2)cc1. The lowest BCUT2D eigenvalue weighted by Crippen LogP contribution is -2.22. The van der Waals surface area contributed by atoms with Gasteiger partial charge in [-0.25, -0.2) is 9.78 Å². The summed E-state index contributed by atoms with van der Waals surface area (Å²) < 4.78 is 1.65. The van der Waals surface area contributed by atoms with Crippen molar-refractivity contribution in [1.82, 2.24) is 25.2 Å². The predicted molar refractivity (Wildman–Crippen MR) is 113 cm³/mol. The molecule has 1 aliphatic carbocycles. The normalized spacial score (nSPS) is 17.0. The number of nitrogens with two attached hydrogens (primary N) is 1. The highest BCUT2D eigenvalue weighted by atomic mass is 16.2. The van der Waals surface area contributed by atoms with Gasteiger partial charge in [-0.1, -0.05) is 0 Å². The molecular weight excluding hydrogens is 400 g/mol. The Morgan fingerprint density at radius 3 is 2.61 bits per heavy atom. The van der Waals surface area contributed by atoms with Crippen LogP contribution in [0.15, 0.2) is 42.2 Å². The molecule has 1 aromatic carbocycles. The lowest BCUT2D eigenvalue weighted by atomic mass is 10.2. The topological polar surface area (TPSA) is 156 Å². The zero-order valence-electron chi connectivity index (χ0n) is 16.2. The number of nitrogens with zero attached hydrogens (tertiary/aromatic N) is 3. The van der Waals surface area contributed by atoms with Crippen molar-refractivity contribution in [2.24, 2.45) is 5.73 Å². The van der Waals surface area contributed by atoms with Crippen molar-refractivity contribution in [2.45, 2.75) is 18.9 Å². The highest BCUT2D eigenvalue weighted by Gasteiger charge is 2.25. The molecule has 156 valence electrons. The molecule has 2 aromatic heterocycles. The number of hydrogen-bond donors (Lipinski definition) is 5. The van der Waals surface area contributed by atoms with E-state index in [1.165, 1.54) is 6.08 Å². The van der Waals surface area contributed by atoms with Crippen molar-refractivity contribution in [3.8, 4) is 0 Å². The van der Waals surface area contributed by atoms with E-state index in [0.717, 1.165) is 24.3 Å². The molecule has 3 aromatic rings. The second kappa shape index (κ2) is 7.13. The summed E-state index contributed by atoms with van der Waals surface area (Å²) >= 11 is 0. The number of hydrogen-bond acceptors (Lipinski definition) is 7. The van der Waals surface area contributed by atoms with E-state index in [9.17, 15) is 14.4 Å². The first-order valence-corrected chi connectivity index (χ1v) is 9.62. The molecule has 1 aliphatic heterocycles. The molecule has 5 rings (SSSR count). The van der Waals surface area contributed by atoms with Crippen LogP contribution in [0.4, 0.5) is 22.1 Å². The first kappa shape index (κ1) is 18.6. The van der Waals surface area contributed by atoms with E-state index in [2.05, 4.69) is 31.3 Å². The average molecular weight is 418 g/mol. The van der Waals surface area contributed by atoms with Crippen molar-refractivity contribution in [3.63, 3.8) is 0 Å². The highest BCUT2D eigenvalue weighted by Crippen LogP contribution is 2.28. The number of anilines is 3. The quantitative estimate of drug-likeness (QED) is 0.299. The van der Waals surface area contributed by atoms with Gasteiger partial charge in [0.1, 0.15) is 17.3 Å². The Labute approximate surface area is 175 Å². The fourth-order valence-electron chi connectivity index (χ4n) is 3.19. The first-order chi connectivity index (χ1) is 15.0. The maximum atomic E-state index is 11.9. The van der Waals surface area contributed by atoms with E-state index in [1.54, 1.807) is 35.0 Å². The maximum absolute atomic E-state index is 11.9. The van der Waals surface area contributed by atoms with Crippen molar-refractivity contribution < 1.29 is 14.4 Å². The lowest BCUT2D eigenvalue weighted by Gasteiger charge is -2.12. The molecule has 31 heavy (non-hydrogen) atoms. The molecule has 1 saturated heterocycles. The summed E-state index contributed by atoms with van der Waals surface area (Å²) in [6, 6.07) is 8.36. The summed E-state index contributed by atoms with van der Waals surface area (Å²) in [6.07, 6.45) is 5.26. The zero-order valence-corrected chi connectivity index (χ0v) is 16.2. The van der Waals surface area contributed by atoms with Crippen LogP contribution in [0, 0.1) is 0 Å². The molecule has 0 spiro atoms. The second-order valence-electron chi connectivity index (χ2n) is 7.31. The molecule has 11 nitrogen and oxygen atoms in total. The van der Waals surface area contributed by atoms with Gasteiger partial charge in [0.05, 0.1) is 6.20 Å². The highest BCUT2D eigenvalue weighted by molar-refractivity contribution is 6.14. The van der Waals surface area contributed by atoms with E-state index in [-0.39, 0.29) is 5.70 Å². The van der Waals surface area contributed by atoms with E-state index in [1.807, 2.05) is 6.07 Å². The second-order valence-corrected chi connectivity index (χ2v) is 7.31. The van der Waals surface area contributed by atoms with Gasteiger partial charge in [0.15, 0.2) is 5.65 Å². The van der Waals surface area contributed by atoms with Crippen molar-refractivity contribution >= 4 is 46.9 Å².